The molecule has 96 valence electrons. The highest BCUT2D eigenvalue weighted by molar-refractivity contribution is 7.71. The Bertz CT molecular complexity index is 554. The number of aromatic nitrogens is 3. The zero-order valence-electron chi connectivity index (χ0n) is 11.1. The van der Waals surface area contributed by atoms with Crippen molar-refractivity contribution in [1.29, 1.82) is 0 Å². The fourth-order valence-electron chi connectivity index (χ4n) is 1.79. The molecule has 0 aliphatic rings. The Kier molecular flexibility index (Phi) is 3.97. The predicted molar refractivity (Wildman–Crippen MR) is 76.8 cm³/mol. The third-order valence-corrected chi connectivity index (χ3v) is 3.71. The van der Waals surface area contributed by atoms with E-state index in [2.05, 4.69) is 47.7 Å². The number of benzene rings is 1. The first kappa shape index (κ1) is 13.0. The summed E-state index contributed by atoms with van der Waals surface area (Å²) < 4.78 is 2.79. The molecule has 0 aliphatic heterocycles. The first-order valence-corrected chi connectivity index (χ1v) is 6.71. The van der Waals surface area contributed by atoms with Crippen LogP contribution in [0.1, 0.15) is 20.8 Å². The van der Waals surface area contributed by atoms with E-state index in [9.17, 15) is 0 Å². The van der Waals surface area contributed by atoms with Gasteiger partial charge in [-0.2, -0.15) is 5.10 Å². The van der Waals surface area contributed by atoms with Crippen molar-refractivity contribution in [3.05, 3.63) is 35.1 Å². The number of nitrogens with zero attached hydrogens (tertiary/aromatic N) is 2. The van der Waals surface area contributed by atoms with Crippen molar-refractivity contribution < 1.29 is 0 Å². The number of hydrogen-bond acceptors (Lipinski definition) is 2. The van der Waals surface area contributed by atoms with Crippen molar-refractivity contribution in [2.45, 2.75) is 27.3 Å². The van der Waals surface area contributed by atoms with Gasteiger partial charge >= 0.3 is 0 Å². The summed E-state index contributed by atoms with van der Waals surface area (Å²) >= 11 is 5.32. The summed E-state index contributed by atoms with van der Waals surface area (Å²) in [5.74, 6) is 2.12. The quantitative estimate of drug-likeness (QED) is 0.847. The van der Waals surface area contributed by atoms with E-state index in [-0.39, 0.29) is 0 Å². The Balaban J connectivity index is 2.37. The summed E-state index contributed by atoms with van der Waals surface area (Å²) in [5, 5.41) is 7.24. The standard InChI is InChI=1S/C14H19N3S/c1-10(2)11(3)9-17-13(15-16-14(17)18)12-7-5-4-6-8-12/h4-8,10-11H,9H2,1-3H3,(H,16,18). The topological polar surface area (TPSA) is 33.6 Å². The van der Waals surface area contributed by atoms with Crippen molar-refractivity contribution in [2.75, 3.05) is 0 Å². The molecule has 1 N–H and O–H groups in total. The number of nitrogens with one attached hydrogen (secondary N) is 1. The van der Waals surface area contributed by atoms with Crippen molar-refractivity contribution in [3.8, 4) is 11.4 Å². The molecule has 0 spiro atoms. The van der Waals surface area contributed by atoms with Gasteiger partial charge in [0, 0.05) is 12.1 Å². The summed E-state index contributed by atoms with van der Waals surface area (Å²) in [6.45, 7) is 7.61. The van der Waals surface area contributed by atoms with Crippen LogP contribution in [-0.2, 0) is 6.54 Å². The molecule has 1 atom stereocenters. The van der Waals surface area contributed by atoms with Gasteiger partial charge in [0.05, 0.1) is 0 Å². The smallest absolute Gasteiger partial charge is 0.195 e. The maximum absolute atomic E-state index is 5.32. The van der Waals surface area contributed by atoms with Crippen LogP contribution in [0.15, 0.2) is 30.3 Å². The van der Waals surface area contributed by atoms with Gasteiger partial charge in [-0.05, 0) is 24.1 Å². The molecular formula is C14H19N3S. The molecule has 2 rings (SSSR count). The van der Waals surface area contributed by atoms with Gasteiger partial charge in [-0.15, -0.1) is 0 Å². The maximum atomic E-state index is 5.32. The van der Waals surface area contributed by atoms with Gasteiger partial charge in [0.2, 0.25) is 0 Å². The molecule has 1 aromatic heterocycles. The minimum absolute atomic E-state index is 0.566. The first-order valence-electron chi connectivity index (χ1n) is 6.30. The Labute approximate surface area is 113 Å². The lowest BCUT2D eigenvalue weighted by molar-refractivity contribution is 0.364. The van der Waals surface area contributed by atoms with Crippen LogP contribution in [0.25, 0.3) is 11.4 Å². The number of hydrogen-bond donors (Lipinski definition) is 1. The van der Waals surface area contributed by atoms with Crippen LogP contribution in [0.5, 0.6) is 0 Å². The molecule has 2 aromatic rings. The lowest BCUT2D eigenvalue weighted by Gasteiger charge is -2.17. The molecule has 4 heteroatoms. The third kappa shape index (κ3) is 2.70. The highest BCUT2D eigenvalue weighted by Gasteiger charge is 2.13. The zero-order chi connectivity index (χ0) is 13.1. The van der Waals surface area contributed by atoms with Crippen LogP contribution in [0, 0.1) is 16.6 Å². The monoisotopic (exact) mass is 261 g/mol. The first-order chi connectivity index (χ1) is 8.59. The zero-order valence-corrected chi connectivity index (χ0v) is 11.9. The lowest BCUT2D eigenvalue weighted by atomic mass is 9.98. The number of H-pyrrole nitrogens is 1. The number of rotatable bonds is 4. The minimum atomic E-state index is 0.566. The average Bonchev–Trinajstić information content (AvgIpc) is 2.72. The van der Waals surface area contributed by atoms with Gasteiger partial charge in [0.1, 0.15) is 0 Å². The molecule has 0 fully saturated rings. The summed E-state index contributed by atoms with van der Waals surface area (Å²) in [4.78, 5) is 0. The number of aromatic amines is 1. The molecule has 0 saturated carbocycles. The van der Waals surface area contributed by atoms with Gasteiger partial charge < -0.3 is 0 Å². The molecule has 0 bridgehead atoms. The molecule has 0 aliphatic carbocycles. The predicted octanol–water partition coefficient (Wildman–Crippen LogP) is 3.90. The molecule has 0 amide bonds. The molecule has 0 radical (unpaired) electrons. The Hall–Kier alpha value is -1.42. The SMILES string of the molecule is CC(C)C(C)Cn1c(-c2ccccc2)n[nH]c1=S. The van der Waals surface area contributed by atoms with Gasteiger partial charge in [-0.3, -0.25) is 9.67 Å². The highest BCUT2D eigenvalue weighted by atomic mass is 32.1. The second kappa shape index (κ2) is 5.48. The Morgan fingerprint density at radius 1 is 1.22 bits per heavy atom. The normalized spacial score (nSPS) is 12.9. The molecular weight excluding hydrogens is 242 g/mol. The van der Waals surface area contributed by atoms with Gasteiger partial charge in [-0.25, -0.2) is 0 Å². The van der Waals surface area contributed by atoms with E-state index in [1.807, 2.05) is 18.2 Å². The fourth-order valence-corrected chi connectivity index (χ4v) is 2.00. The lowest BCUT2D eigenvalue weighted by Crippen LogP contribution is -2.14. The van der Waals surface area contributed by atoms with E-state index in [4.69, 9.17) is 12.2 Å². The van der Waals surface area contributed by atoms with Crippen molar-refractivity contribution >= 4 is 12.2 Å². The van der Waals surface area contributed by atoms with E-state index < -0.39 is 0 Å². The van der Waals surface area contributed by atoms with Crippen LogP contribution in [0.4, 0.5) is 0 Å². The summed E-state index contributed by atoms with van der Waals surface area (Å²) in [7, 11) is 0. The van der Waals surface area contributed by atoms with Gasteiger partial charge in [0.25, 0.3) is 0 Å². The summed E-state index contributed by atoms with van der Waals surface area (Å²) in [5.41, 5.74) is 1.10. The van der Waals surface area contributed by atoms with E-state index in [0.717, 1.165) is 17.9 Å². The molecule has 1 heterocycles. The molecule has 0 saturated heterocycles. The van der Waals surface area contributed by atoms with Crippen LogP contribution in [0.2, 0.25) is 0 Å². The van der Waals surface area contributed by atoms with E-state index in [0.29, 0.717) is 16.6 Å². The van der Waals surface area contributed by atoms with Gasteiger partial charge in [-0.1, -0.05) is 51.1 Å². The largest absolute Gasteiger partial charge is 0.300 e. The van der Waals surface area contributed by atoms with E-state index in [1.165, 1.54) is 0 Å². The second-order valence-corrected chi connectivity index (χ2v) is 5.44. The Morgan fingerprint density at radius 2 is 1.89 bits per heavy atom. The molecule has 1 unspecified atom stereocenters. The average molecular weight is 261 g/mol. The van der Waals surface area contributed by atoms with Crippen molar-refractivity contribution in [2.24, 2.45) is 11.8 Å². The van der Waals surface area contributed by atoms with E-state index >= 15 is 0 Å². The summed E-state index contributed by atoms with van der Waals surface area (Å²) in [6, 6.07) is 10.2. The van der Waals surface area contributed by atoms with Crippen molar-refractivity contribution in [1.82, 2.24) is 14.8 Å². The Morgan fingerprint density at radius 3 is 2.50 bits per heavy atom. The molecule has 1 aromatic carbocycles. The van der Waals surface area contributed by atoms with Crippen molar-refractivity contribution in [3.63, 3.8) is 0 Å². The van der Waals surface area contributed by atoms with Crippen LogP contribution in [0.3, 0.4) is 0 Å². The third-order valence-electron chi connectivity index (χ3n) is 3.40. The maximum Gasteiger partial charge on any atom is 0.195 e. The van der Waals surface area contributed by atoms with Crippen LogP contribution in [-0.4, -0.2) is 14.8 Å². The highest BCUT2D eigenvalue weighted by Crippen LogP contribution is 2.20. The summed E-state index contributed by atoms with van der Waals surface area (Å²) in [6.07, 6.45) is 0. The fraction of sp³-hybridized carbons (Fsp3) is 0.429. The van der Waals surface area contributed by atoms with Gasteiger partial charge in [0.15, 0.2) is 10.6 Å². The minimum Gasteiger partial charge on any atom is -0.300 e. The van der Waals surface area contributed by atoms with Crippen LogP contribution < -0.4 is 0 Å². The van der Waals surface area contributed by atoms with Crippen LogP contribution >= 0.6 is 12.2 Å². The second-order valence-electron chi connectivity index (χ2n) is 5.05. The molecule has 18 heavy (non-hydrogen) atoms. The van der Waals surface area contributed by atoms with E-state index in [1.54, 1.807) is 0 Å². The molecule has 3 nitrogen and oxygen atoms in total.